The molecule has 0 aliphatic heterocycles. The van der Waals surface area contributed by atoms with E-state index in [1.807, 2.05) is 30.3 Å². The van der Waals surface area contributed by atoms with Crippen molar-refractivity contribution < 1.29 is 9.90 Å². The lowest BCUT2D eigenvalue weighted by Gasteiger charge is -2.16. The first-order valence-electron chi connectivity index (χ1n) is 6.47. The predicted molar refractivity (Wildman–Crippen MR) is 70.3 cm³/mol. The third kappa shape index (κ3) is 4.37. The van der Waals surface area contributed by atoms with Gasteiger partial charge in [-0.3, -0.25) is 0 Å². The molecule has 4 heteroatoms. The lowest BCUT2D eigenvalue weighted by atomic mass is 10.1. The number of hydrogen-bond acceptors (Lipinski definition) is 2. The van der Waals surface area contributed by atoms with Gasteiger partial charge in [-0.05, 0) is 30.7 Å². The highest BCUT2D eigenvalue weighted by atomic mass is 16.3. The molecule has 0 heterocycles. The number of nitrogens with one attached hydrogen (secondary N) is 2. The first-order valence-corrected chi connectivity index (χ1v) is 6.47. The van der Waals surface area contributed by atoms with Gasteiger partial charge in [0.2, 0.25) is 0 Å². The van der Waals surface area contributed by atoms with E-state index in [2.05, 4.69) is 10.6 Å². The molecule has 1 aromatic carbocycles. The fourth-order valence-corrected chi connectivity index (χ4v) is 1.86. The van der Waals surface area contributed by atoms with E-state index in [4.69, 9.17) is 0 Å². The zero-order valence-electron chi connectivity index (χ0n) is 10.4. The second-order valence-corrected chi connectivity index (χ2v) is 4.87. The molecular formula is C14H20N2O2. The number of rotatable bonds is 6. The quantitative estimate of drug-likeness (QED) is 0.710. The Morgan fingerprint density at radius 1 is 1.33 bits per heavy atom. The smallest absolute Gasteiger partial charge is 0.315 e. The van der Waals surface area contributed by atoms with E-state index in [0.717, 1.165) is 12.1 Å². The minimum atomic E-state index is -0.230. The zero-order valence-corrected chi connectivity index (χ0v) is 10.4. The topological polar surface area (TPSA) is 61.4 Å². The molecule has 1 unspecified atom stereocenters. The van der Waals surface area contributed by atoms with Gasteiger partial charge in [0, 0.05) is 6.54 Å². The van der Waals surface area contributed by atoms with Gasteiger partial charge in [-0.1, -0.05) is 30.3 Å². The Balaban J connectivity index is 1.75. The van der Waals surface area contributed by atoms with Crippen molar-refractivity contribution in [2.24, 2.45) is 5.92 Å². The Labute approximate surface area is 107 Å². The van der Waals surface area contributed by atoms with Crippen LogP contribution in [0.3, 0.4) is 0 Å². The van der Waals surface area contributed by atoms with Crippen molar-refractivity contribution in [2.75, 3.05) is 13.2 Å². The fourth-order valence-electron chi connectivity index (χ4n) is 1.86. The van der Waals surface area contributed by atoms with E-state index in [9.17, 15) is 9.90 Å². The van der Waals surface area contributed by atoms with Gasteiger partial charge in [-0.15, -0.1) is 0 Å². The molecule has 98 valence electrons. The van der Waals surface area contributed by atoms with Crippen LogP contribution >= 0.6 is 0 Å². The lowest BCUT2D eigenvalue weighted by Crippen LogP contribution is -2.45. The largest absolute Gasteiger partial charge is 0.394 e. The average Bonchev–Trinajstić information content (AvgIpc) is 3.21. The minimum absolute atomic E-state index is 0.0499. The van der Waals surface area contributed by atoms with Gasteiger partial charge in [0.05, 0.1) is 12.6 Å². The average molecular weight is 248 g/mol. The third-order valence-corrected chi connectivity index (χ3v) is 3.13. The number of benzene rings is 1. The Morgan fingerprint density at radius 3 is 2.67 bits per heavy atom. The molecule has 1 atom stereocenters. The monoisotopic (exact) mass is 248 g/mol. The van der Waals surface area contributed by atoms with E-state index < -0.39 is 0 Å². The fraction of sp³-hybridized carbons (Fsp3) is 0.500. The zero-order chi connectivity index (χ0) is 12.8. The minimum Gasteiger partial charge on any atom is -0.394 e. The van der Waals surface area contributed by atoms with Gasteiger partial charge < -0.3 is 15.7 Å². The summed E-state index contributed by atoms with van der Waals surface area (Å²) in [5.41, 5.74) is 1.11. The predicted octanol–water partition coefficient (Wildman–Crippen LogP) is 1.30. The summed E-state index contributed by atoms with van der Waals surface area (Å²) >= 11 is 0. The van der Waals surface area contributed by atoms with Crippen molar-refractivity contribution in [3.63, 3.8) is 0 Å². The normalized spacial score (nSPS) is 16.1. The second-order valence-electron chi connectivity index (χ2n) is 4.87. The number of urea groups is 1. The van der Waals surface area contributed by atoms with E-state index in [1.54, 1.807) is 0 Å². The summed E-state index contributed by atoms with van der Waals surface area (Å²) in [6, 6.07) is 9.43. The standard InChI is InChI=1S/C14H20N2O2/c17-10-13(8-11-4-2-1-3-5-11)16-14(18)15-9-12-6-7-12/h1-5,12-13,17H,6-10H2,(H2,15,16,18). The van der Waals surface area contributed by atoms with Crippen LogP contribution in [0.15, 0.2) is 30.3 Å². The van der Waals surface area contributed by atoms with Gasteiger partial charge in [0.15, 0.2) is 0 Å². The number of hydrogen-bond donors (Lipinski definition) is 3. The van der Waals surface area contributed by atoms with Gasteiger partial charge in [-0.2, -0.15) is 0 Å². The van der Waals surface area contributed by atoms with Crippen molar-refractivity contribution in [1.29, 1.82) is 0 Å². The van der Waals surface area contributed by atoms with Crippen LogP contribution in [0.2, 0.25) is 0 Å². The molecule has 3 N–H and O–H groups in total. The van der Waals surface area contributed by atoms with Crippen molar-refractivity contribution in [3.8, 4) is 0 Å². The highest BCUT2D eigenvalue weighted by Gasteiger charge is 2.22. The number of carbonyl (C=O) groups is 1. The number of aliphatic hydroxyl groups excluding tert-OH is 1. The molecule has 1 aliphatic rings. The van der Waals surface area contributed by atoms with Crippen molar-refractivity contribution in [2.45, 2.75) is 25.3 Å². The van der Waals surface area contributed by atoms with Crippen LogP contribution in [0.25, 0.3) is 0 Å². The molecule has 18 heavy (non-hydrogen) atoms. The maximum atomic E-state index is 11.6. The summed E-state index contributed by atoms with van der Waals surface area (Å²) in [5.74, 6) is 0.664. The highest BCUT2D eigenvalue weighted by Crippen LogP contribution is 2.27. The summed E-state index contributed by atoms with van der Waals surface area (Å²) in [5, 5.41) is 14.9. The SMILES string of the molecule is O=C(NCC1CC1)NC(CO)Cc1ccccc1. The van der Waals surface area contributed by atoms with Crippen LogP contribution < -0.4 is 10.6 Å². The molecular weight excluding hydrogens is 228 g/mol. The van der Waals surface area contributed by atoms with Crippen LogP contribution in [0.1, 0.15) is 18.4 Å². The number of aliphatic hydroxyl groups is 1. The van der Waals surface area contributed by atoms with Crippen LogP contribution in [-0.4, -0.2) is 30.3 Å². The van der Waals surface area contributed by atoms with E-state index in [1.165, 1.54) is 12.8 Å². The number of carbonyl (C=O) groups excluding carboxylic acids is 1. The summed E-state index contributed by atoms with van der Waals surface area (Å²) in [7, 11) is 0. The van der Waals surface area contributed by atoms with Gasteiger partial charge in [0.25, 0.3) is 0 Å². The molecule has 0 spiro atoms. The highest BCUT2D eigenvalue weighted by molar-refractivity contribution is 5.74. The Bertz CT molecular complexity index is 377. The van der Waals surface area contributed by atoms with Crippen molar-refractivity contribution in [3.05, 3.63) is 35.9 Å². The Morgan fingerprint density at radius 2 is 2.06 bits per heavy atom. The molecule has 2 amide bonds. The first kappa shape index (κ1) is 12.9. The molecule has 2 rings (SSSR count). The second kappa shape index (κ2) is 6.40. The molecule has 0 bridgehead atoms. The van der Waals surface area contributed by atoms with Crippen LogP contribution in [0.5, 0.6) is 0 Å². The van der Waals surface area contributed by atoms with E-state index in [0.29, 0.717) is 12.3 Å². The summed E-state index contributed by atoms with van der Waals surface area (Å²) < 4.78 is 0. The maximum Gasteiger partial charge on any atom is 0.315 e. The molecule has 0 saturated heterocycles. The molecule has 4 nitrogen and oxygen atoms in total. The molecule has 0 aromatic heterocycles. The van der Waals surface area contributed by atoms with Crippen molar-refractivity contribution in [1.82, 2.24) is 10.6 Å². The summed E-state index contributed by atoms with van der Waals surface area (Å²) in [6.07, 6.45) is 3.08. The van der Waals surface area contributed by atoms with Crippen LogP contribution in [0, 0.1) is 5.92 Å². The summed E-state index contributed by atoms with van der Waals surface area (Å²) in [6.45, 7) is 0.695. The lowest BCUT2D eigenvalue weighted by molar-refractivity contribution is 0.215. The Hall–Kier alpha value is -1.55. The molecule has 1 saturated carbocycles. The van der Waals surface area contributed by atoms with Crippen molar-refractivity contribution >= 4 is 6.03 Å². The number of amides is 2. The molecule has 1 aromatic rings. The molecule has 1 aliphatic carbocycles. The first-order chi connectivity index (χ1) is 8.78. The summed E-state index contributed by atoms with van der Waals surface area (Å²) in [4.78, 5) is 11.6. The third-order valence-electron chi connectivity index (χ3n) is 3.13. The van der Waals surface area contributed by atoms with Gasteiger partial charge in [-0.25, -0.2) is 4.79 Å². The molecule has 1 fully saturated rings. The van der Waals surface area contributed by atoms with Crippen LogP contribution in [0.4, 0.5) is 4.79 Å². The van der Waals surface area contributed by atoms with Gasteiger partial charge in [0.1, 0.15) is 0 Å². The molecule has 0 radical (unpaired) electrons. The van der Waals surface area contributed by atoms with E-state index in [-0.39, 0.29) is 18.7 Å². The van der Waals surface area contributed by atoms with Gasteiger partial charge >= 0.3 is 6.03 Å². The maximum absolute atomic E-state index is 11.6. The van der Waals surface area contributed by atoms with Crippen LogP contribution in [-0.2, 0) is 6.42 Å². The Kier molecular flexibility index (Phi) is 4.59. The van der Waals surface area contributed by atoms with E-state index >= 15 is 0 Å².